The Morgan fingerprint density at radius 2 is 1.77 bits per heavy atom. The summed E-state index contributed by atoms with van der Waals surface area (Å²) in [6.45, 7) is 4.50. The van der Waals surface area contributed by atoms with Gasteiger partial charge in [-0.05, 0) is 67.1 Å². The van der Waals surface area contributed by atoms with Gasteiger partial charge >= 0.3 is 0 Å². The second-order valence-corrected chi connectivity index (χ2v) is 9.12. The quantitative estimate of drug-likeness (QED) is 0.737. The zero-order chi connectivity index (χ0) is 15.7. The highest BCUT2D eigenvalue weighted by Gasteiger charge is 2.62. The van der Waals surface area contributed by atoms with E-state index in [2.05, 4.69) is 13.8 Å². The zero-order valence-corrected chi connectivity index (χ0v) is 13.9. The van der Waals surface area contributed by atoms with E-state index in [0.717, 1.165) is 32.1 Å². The van der Waals surface area contributed by atoms with Crippen LogP contribution in [0.2, 0.25) is 0 Å². The maximum Gasteiger partial charge on any atom is 0.133 e. The van der Waals surface area contributed by atoms with Crippen LogP contribution in [0, 0.1) is 34.5 Å². The fourth-order valence-corrected chi connectivity index (χ4v) is 7.01. The average Bonchev–Trinajstić information content (AvgIpc) is 2.77. The second kappa shape index (κ2) is 4.78. The number of Topliss-reactive ketones (excluding diaryl/α,β-unsaturated/α-hetero) is 1. The topological polar surface area (TPSA) is 37.3 Å². The number of halogens is 1. The number of aliphatic hydroxyl groups excluding tert-OH is 1. The lowest BCUT2D eigenvalue weighted by Gasteiger charge is -2.60. The van der Waals surface area contributed by atoms with E-state index in [1.807, 2.05) is 0 Å². The third-order valence-electron chi connectivity index (χ3n) is 8.41. The van der Waals surface area contributed by atoms with Gasteiger partial charge in [0.2, 0.25) is 0 Å². The SMILES string of the molecule is C[C@]12CCC(=O)C[C@@H]1[C@@H](F)C[C@@H]1[C@@H]2CC[C@]2(C)[C@@H](O)CC[C@@H]12. The van der Waals surface area contributed by atoms with E-state index in [-0.39, 0.29) is 28.6 Å². The normalized spacial score (nSPS) is 57.9. The van der Waals surface area contributed by atoms with Gasteiger partial charge in [0.25, 0.3) is 0 Å². The van der Waals surface area contributed by atoms with Crippen molar-refractivity contribution in [1.29, 1.82) is 0 Å². The van der Waals surface area contributed by atoms with E-state index in [4.69, 9.17) is 0 Å². The first-order chi connectivity index (χ1) is 10.4. The molecule has 0 heterocycles. The average molecular weight is 308 g/mol. The molecule has 0 radical (unpaired) electrons. The first-order valence-corrected chi connectivity index (χ1v) is 9.20. The Labute approximate surface area is 132 Å². The van der Waals surface area contributed by atoms with Crippen LogP contribution in [0.4, 0.5) is 4.39 Å². The standard InChI is InChI=1S/C19H29FO2/c1-18-7-5-11(21)9-15(18)16(20)10-12-13-3-4-17(22)19(13,2)8-6-14(12)18/h12-17,22H,3-10H2,1-2H3/t12-,13-,14-,15+,16-,17-,18+,19-/m0/s1. The molecule has 1 N–H and O–H groups in total. The molecule has 0 amide bonds. The van der Waals surface area contributed by atoms with E-state index < -0.39 is 6.17 Å². The summed E-state index contributed by atoms with van der Waals surface area (Å²) in [4.78, 5) is 11.8. The molecule has 2 nitrogen and oxygen atoms in total. The van der Waals surface area contributed by atoms with Crippen molar-refractivity contribution >= 4 is 5.78 Å². The Kier molecular flexibility index (Phi) is 3.28. The lowest BCUT2D eigenvalue weighted by Crippen LogP contribution is -2.57. The summed E-state index contributed by atoms with van der Waals surface area (Å²) >= 11 is 0. The second-order valence-electron chi connectivity index (χ2n) is 9.12. The third-order valence-corrected chi connectivity index (χ3v) is 8.41. The van der Waals surface area contributed by atoms with E-state index in [1.165, 1.54) is 0 Å². The molecule has 0 unspecified atom stereocenters. The van der Waals surface area contributed by atoms with Crippen LogP contribution in [0.5, 0.6) is 0 Å². The summed E-state index contributed by atoms with van der Waals surface area (Å²) in [5.41, 5.74) is 0.0136. The molecule has 0 aromatic carbocycles. The molecular weight excluding hydrogens is 279 g/mol. The van der Waals surface area contributed by atoms with Crippen LogP contribution in [-0.4, -0.2) is 23.2 Å². The molecular formula is C19H29FO2. The highest BCUT2D eigenvalue weighted by atomic mass is 19.1. The fourth-order valence-electron chi connectivity index (χ4n) is 7.01. The van der Waals surface area contributed by atoms with Gasteiger partial charge < -0.3 is 5.11 Å². The van der Waals surface area contributed by atoms with Crippen molar-refractivity contribution in [2.75, 3.05) is 0 Å². The maximum atomic E-state index is 15.0. The molecule has 4 saturated carbocycles. The van der Waals surface area contributed by atoms with Crippen LogP contribution >= 0.6 is 0 Å². The predicted molar refractivity (Wildman–Crippen MR) is 83.0 cm³/mol. The summed E-state index contributed by atoms with van der Waals surface area (Å²) in [5, 5.41) is 10.4. The molecule has 4 fully saturated rings. The van der Waals surface area contributed by atoms with Gasteiger partial charge in [-0.3, -0.25) is 4.79 Å². The summed E-state index contributed by atoms with van der Waals surface area (Å²) < 4.78 is 15.0. The van der Waals surface area contributed by atoms with Crippen molar-refractivity contribution in [3.63, 3.8) is 0 Å². The highest BCUT2D eigenvalue weighted by molar-refractivity contribution is 5.79. The zero-order valence-electron chi connectivity index (χ0n) is 13.9. The Morgan fingerprint density at radius 3 is 2.55 bits per heavy atom. The Bertz CT molecular complexity index is 492. The lowest BCUT2D eigenvalue weighted by molar-refractivity contribution is -0.156. The fraction of sp³-hybridized carbons (Fsp3) is 0.947. The van der Waals surface area contributed by atoms with Gasteiger partial charge in [-0.15, -0.1) is 0 Å². The molecule has 4 aliphatic carbocycles. The molecule has 0 bridgehead atoms. The number of hydrogen-bond donors (Lipinski definition) is 1. The lowest BCUT2D eigenvalue weighted by atomic mass is 9.45. The molecule has 4 aliphatic rings. The van der Waals surface area contributed by atoms with Crippen molar-refractivity contribution in [2.45, 2.75) is 77.5 Å². The minimum Gasteiger partial charge on any atom is -0.393 e. The molecule has 0 aromatic rings. The molecule has 22 heavy (non-hydrogen) atoms. The first-order valence-electron chi connectivity index (χ1n) is 9.20. The number of carbonyl (C=O) groups excluding carboxylic acids is 1. The molecule has 0 spiro atoms. The van der Waals surface area contributed by atoms with Gasteiger partial charge in [0.1, 0.15) is 12.0 Å². The van der Waals surface area contributed by atoms with Crippen LogP contribution in [0.25, 0.3) is 0 Å². The number of carbonyl (C=O) groups is 1. The minimum atomic E-state index is -0.824. The number of hydrogen-bond acceptors (Lipinski definition) is 2. The summed E-state index contributed by atoms with van der Waals surface area (Å²) in [6, 6.07) is 0. The predicted octanol–water partition coefficient (Wildman–Crippen LogP) is 3.91. The van der Waals surface area contributed by atoms with Crippen molar-refractivity contribution in [2.24, 2.45) is 34.5 Å². The van der Waals surface area contributed by atoms with Crippen LogP contribution in [0.3, 0.4) is 0 Å². The largest absolute Gasteiger partial charge is 0.393 e. The maximum absolute atomic E-state index is 15.0. The third kappa shape index (κ3) is 1.84. The van der Waals surface area contributed by atoms with Crippen molar-refractivity contribution in [3.8, 4) is 0 Å². The molecule has 4 rings (SSSR count). The van der Waals surface area contributed by atoms with Crippen molar-refractivity contribution in [1.82, 2.24) is 0 Å². The number of rotatable bonds is 0. The first kappa shape index (κ1) is 15.1. The number of ketones is 1. The molecule has 0 aromatic heterocycles. The van der Waals surface area contributed by atoms with Crippen molar-refractivity contribution in [3.05, 3.63) is 0 Å². The van der Waals surface area contributed by atoms with E-state index in [0.29, 0.717) is 37.0 Å². The van der Waals surface area contributed by atoms with Gasteiger partial charge in [-0.2, -0.15) is 0 Å². The molecule has 8 atom stereocenters. The van der Waals surface area contributed by atoms with Crippen LogP contribution in [-0.2, 0) is 4.79 Å². The van der Waals surface area contributed by atoms with Gasteiger partial charge in [0, 0.05) is 18.8 Å². The Hall–Kier alpha value is -0.440. The van der Waals surface area contributed by atoms with Gasteiger partial charge in [0.15, 0.2) is 0 Å². The number of fused-ring (bicyclic) bond motifs is 5. The van der Waals surface area contributed by atoms with E-state index in [1.54, 1.807) is 0 Å². The Morgan fingerprint density at radius 1 is 1.05 bits per heavy atom. The molecule has 124 valence electrons. The smallest absolute Gasteiger partial charge is 0.133 e. The van der Waals surface area contributed by atoms with E-state index in [9.17, 15) is 14.3 Å². The summed E-state index contributed by atoms with van der Waals surface area (Å²) in [7, 11) is 0. The molecule has 0 aliphatic heterocycles. The Balaban J connectivity index is 1.68. The molecule has 3 heteroatoms. The van der Waals surface area contributed by atoms with Crippen LogP contribution in [0.15, 0.2) is 0 Å². The van der Waals surface area contributed by atoms with Gasteiger partial charge in [0.05, 0.1) is 6.10 Å². The van der Waals surface area contributed by atoms with Crippen LogP contribution in [0.1, 0.15) is 65.2 Å². The van der Waals surface area contributed by atoms with Gasteiger partial charge in [-0.1, -0.05) is 13.8 Å². The van der Waals surface area contributed by atoms with Crippen LogP contribution < -0.4 is 0 Å². The summed E-state index contributed by atoms with van der Waals surface area (Å²) in [6.07, 6.45) is 5.74. The van der Waals surface area contributed by atoms with Gasteiger partial charge in [-0.25, -0.2) is 4.39 Å². The minimum absolute atomic E-state index is 0.00508. The van der Waals surface area contributed by atoms with E-state index >= 15 is 0 Å². The highest BCUT2D eigenvalue weighted by Crippen LogP contribution is 2.66. The van der Waals surface area contributed by atoms with Crippen molar-refractivity contribution < 1.29 is 14.3 Å². The molecule has 0 saturated heterocycles. The number of alkyl halides is 1. The monoisotopic (exact) mass is 308 g/mol. The summed E-state index contributed by atoms with van der Waals surface area (Å²) in [5.74, 6) is 1.67. The number of aliphatic hydroxyl groups is 1.